The van der Waals surface area contributed by atoms with Gasteiger partial charge in [-0.2, -0.15) is 0 Å². The van der Waals surface area contributed by atoms with Crippen LogP contribution in [0, 0.1) is 0 Å². The molecule has 8 heteroatoms. The molecule has 2 rings (SSSR count). The van der Waals surface area contributed by atoms with Crippen molar-refractivity contribution in [1.82, 2.24) is 4.90 Å². The first-order valence-electron chi connectivity index (χ1n) is 11.4. The quantitative estimate of drug-likeness (QED) is 0.226. The predicted molar refractivity (Wildman–Crippen MR) is 136 cm³/mol. The third-order valence-corrected chi connectivity index (χ3v) is 11.1. The molecular formula is C24H40N2O4Si2. The Morgan fingerprint density at radius 1 is 1.22 bits per heavy atom. The molecule has 1 amide bonds. The molecule has 0 spiro atoms. The van der Waals surface area contributed by atoms with Crippen LogP contribution in [0.2, 0.25) is 37.8 Å². The first kappa shape index (κ1) is 26.3. The van der Waals surface area contributed by atoms with Gasteiger partial charge in [0.2, 0.25) is 14.2 Å². The minimum atomic E-state index is -1.97. The summed E-state index contributed by atoms with van der Waals surface area (Å²) in [7, 11) is -3.90. The molecular weight excluding hydrogens is 436 g/mol. The number of benzene rings is 1. The molecule has 0 aromatic heterocycles. The summed E-state index contributed by atoms with van der Waals surface area (Å²) in [6.45, 7) is 19.8. The molecule has 1 aliphatic rings. The summed E-state index contributed by atoms with van der Waals surface area (Å²) < 4.78 is 18.1. The largest absolute Gasteiger partial charge is 0.530 e. The molecule has 1 heterocycles. The Hall–Kier alpha value is -1.91. The van der Waals surface area contributed by atoms with Crippen molar-refractivity contribution in [3.63, 3.8) is 0 Å². The van der Waals surface area contributed by atoms with Gasteiger partial charge in [0.05, 0.1) is 18.3 Å². The van der Waals surface area contributed by atoms with Crippen molar-refractivity contribution in [2.75, 3.05) is 6.61 Å². The summed E-state index contributed by atoms with van der Waals surface area (Å²) >= 11 is 0. The summed E-state index contributed by atoms with van der Waals surface area (Å²) in [4.78, 5) is 18.7. The smallest absolute Gasteiger partial charge is 0.414 e. The van der Waals surface area contributed by atoms with Crippen LogP contribution in [-0.2, 0) is 13.6 Å². The molecule has 0 aliphatic carbocycles. The summed E-state index contributed by atoms with van der Waals surface area (Å²) in [5.41, 5.74) is 1.01. The number of ether oxygens (including phenoxy) is 1. The van der Waals surface area contributed by atoms with Gasteiger partial charge < -0.3 is 13.6 Å². The molecule has 0 radical (unpaired) electrons. The Morgan fingerprint density at radius 2 is 1.84 bits per heavy atom. The van der Waals surface area contributed by atoms with Crippen molar-refractivity contribution in [3.05, 3.63) is 48.0 Å². The van der Waals surface area contributed by atoms with Gasteiger partial charge in [0.1, 0.15) is 6.61 Å². The lowest BCUT2D eigenvalue weighted by Gasteiger charge is -2.38. The Labute approximate surface area is 195 Å². The van der Waals surface area contributed by atoms with Crippen LogP contribution in [0.4, 0.5) is 4.79 Å². The van der Waals surface area contributed by atoms with Crippen molar-refractivity contribution < 1.29 is 18.4 Å². The topological polar surface area (TPSA) is 60.4 Å². The number of aliphatic imine (C=N–C) groups is 1. The molecule has 2 atom stereocenters. The fraction of sp³-hybridized carbons (Fsp3) is 0.583. The highest BCUT2D eigenvalue weighted by molar-refractivity contribution is 6.74. The molecule has 1 aromatic carbocycles. The van der Waals surface area contributed by atoms with E-state index < -0.39 is 22.7 Å². The van der Waals surface area contributed by atoms with E-state index in [1.54, 1.807) is 11.1 Å². The highest BCUT2D eigenvalue weighted by Crippen LogP contribution is 2.37. The molecule has 0 bridgehead atoms. The number of carbonyl (C=O) groups is 1. The molecule has 178 valence electrons. The lowest BCUT2D eigenvalue weighted by Crippen LogP contribution is -2.44. The van der Waals surface area contributed by atoms with Crippen LogP contribution in [0.15, 0.2) is 47.4 Å². The Morgan fingerprint density at radius 3 is 2.38 bits per heavy atom. The van der Waals surface area contributed by atoms with Gasteiger partial charge >= 0.3 is 6.09 Å². The second-order valence-corrected chi connectivity index (χ2v) is 19.9. The molecule has 1 saturated heterocycles. The van der Waals surface area contributed by atoms with Gasteiger partial charge in [0.15, 0.2) is 8.32 Å². The van der Waals surface area contributed by atoms with E-state index in [4.69, 9.17) is 13.6 Å². The van der Waals surface area contributed by atoms with Gasteiger partial charge in [0, 0.05) is 6.21 Å². The zero-order valence-corrected chi connectivity index (χ0v) is 23.1. The van der Waals surface area contributed by atoms with E-state index in [1.807, 2.05) is 36.5 Å². The number of nitrogens with zero attached hydrogens (tertiary/aromatic N) is 2. The van der Waals surface area contributed by atoms with Crippen LogP contribution in [0.5, 0.6) is 0 Å². The van der Waals surface area contributed by atoms with Gasteiger partial charge in [-0.3, -0.25) is 4.90 Å². The van der Waals surface area contributed by atoms with Crippen molar-refractivity contribution >= 4 is 28.9 Å². The minimum Gasteiger partial charge on any atom is -0.530 e. The summed E-state index contributed by atoms with van der Waals surface area (Å²) in [6, 6.07) is 9.66. The molecule has 0 N–H and O–H groups in total. The average molecular weight is 477 g/mol. The van der Waals surface area contributed by atoms with E-state index in [2.05, 4.69) is 65.4 Å². The van der Waals surface area contributed by atoms with Crippen LogP contribution in [0.25, 0.3) is 0 Å². The van der Waals surface area contributed by atoms with E-state index in [9.17, 15) is 4.79 Å². The van der Waals surface area contributed by atoms with Crippen molar-refractivity contribution in [1.29, 1.82) is 0 Å². The van der Waals surface area contributed by atoms with Crippen molar-refractivity contribution in [3.8, 4) is 0 Å². The van der Waals surface area contributed by atoms with Gasteiger partial charge in [-0.1, -0.05) is 58.0 Å². The fourth-order valence-corrected chi connectivity index (χ4v) is 5.03. The number of cyclic esters (lactones) is 1. The zero-order chi connectivity index (χ0) is 24.2. The second kappa shape index (κ2) is 10.4. The highest BCUT2D eigenvalue weighted by Gasteiger charge is 2.39. The van der Waals surface area contributed by atoms with E-state index in [0.29, 0.717) is 12.5 Å². The van der Waals surface area contributed by atoms with E-state index in [-0.39, 0.29) is 17.2 Å². The molecule has 0 unspecified atom stereocenters. The third kappa shape index (κ3) is 7.32. The molecule has 0 saturated carbocycles. The lowest BCUT2D eigenvalue weighted by molar-refractivity contribution is 0.165. The van der Waals surface area contributed by atoms with Gasteiger partial charge in [-0.05, 0) is 49.8 Å². The molecule has 6 nitrogen and oxygen atoms in total. The summed E-state index contributed by atoms with van der Waals surface area (Å²) in [5.74, 6) is 0.418. The van der Waals surface area contributed by atoms with Crippen LogP contribution < -0.4 is 0 Å². The third-order valence-electron chi connectivity index (χ3n) is 5.78. The maximum atomic E-state index is 12.5. The zero-order valence-electron chi connectivity index (χ0n) is 21.1. The fourth-order valence-electron chi connectivity index (χ4n) is 2.96. The summed E-state index contributed by atoms with van der Waals surface area (Å²) in [6.07, 6.45) is 3.82. The number of hydrogen-bond donors (Lipinski definition) is 0. The normalized spacial score (nSPS) is 19.4. The maximum Gasteiger partial charge on any atom is 0.414 e. The Balaban J connectivity index is 2.32. The van der Waals surface area contributed by atoms with Crippen LogP contribution in [0.1, 0.15) is 45.7 Å². The Bertz CT molecular complexity index is 827. The summed E-state index contributed by atoms with van der Waals surface area (Å²) in [5, 5.41) is 0.115. The number of amides is 1. The van der Waals surface area contributed by atoms with Crippen LogP contribution in [-0.4, -0.2) is 46.6 Å². The number of hydrogen-bond acceptors (Lipinski definition) is 5. The molecule has 1 aromatic rings. The minimum absolute atomic E-state index is 0.111. The average Bonchev–Trinajstić information content (AvgIpc) is 3.03. The SMILES string of the molecule is CC[C@@H](/C=N/C(=C\N1C(=O)OC[C@@H]1c1ccccc1)O[Si](C)(C)C)O[Si](C)(C)C(C)(C)C. The number of carbonyl (C=O) groups excluding carboxylic acids is 1. The van der Waals surface area contributed by atoms with Gasteiger partial charge in [-0.15, -0.1) is 0 Å². The first-order valence-corrected chi connectivity index (χ1v) is 17.7. The monoisotopic (exact) mass is 476 g/mol. The second-order valence-electron chi connectivity index (χ2n) is 10.7. The standard InChI is InChI=1S/C24H40N2O4Si2/c1-10-20(29-32(8,9)24(2,3)4)16-25-22(30-31(5,6)7)17-26-21(18-28-23(26)27)19-14-12-11-13-15-19/h11-17,20-21H,10,18H2,1-9H3/b22-17+,25-16+/t20-,21+/m0/s1. The van der Waals surface area contributed by atoms with E-state index in [0.717, 1.165) is 12.0 Å². The Kier molecular flexibility index (Phi) is 8.52. The lowest BCUT2D eigenvalue weighted by atomic mass is 10.1. The van der Waals surface area contributed by atoms with Crippen LogP contribution >= 0.6 is 0 Å². The van der Waals surface area contributed by atoms with E-state index in [1.165, 1.54) is 0 Å². The van der Waals surface area contributed by atoms with Gasteiger partial charge in [-0.25, -0.2) is 9.79 Å². The van der Waals surface area contributed by atoms with E-state index >= 15 is 0 Å². The molecule has 1 fully saturated rings. The number of rotatable bonds is 9. The molecule has 1 aliphatic heterocycles. The molecule has 32 heavy (non-hydrogen) atoms. The van der Waals surface area contributed by atoms with Crippen molar-refractivity contribution in [2.24, 2.45) is 4.99 Å². The maximum absolute atomic E-state index is 12.5. The van der Waals surface area contributed by atoms with Crippen LogP contribution in [0.3, 0.4) is 0 Å². The highest BCUT2D eigenvalue weighted by atomic mass is 28.4. The van der Waals surface area contributed by atoms with Gasteiger partial charge in [0.25, 0.3) is 0 Å². The van der Waals surface area contributed by atoms with Crippen molar-refractivity contribution in [2.45, 2.75) is 84.0 Å². The predicted octanol–water partition coefficient (Wildman–Crippen LogP) is 6.70. The first-order chi connectivity index (χ1) is 14.7.